The van der Waals surface area contributed by atoms with Gasteiger partial charge in [-0.3, -0.25) is 14.9 Å². The first-order valence-corrected chi connectivity index (χ1v) is 9.34. The molecule has 0 spiro atoms. The van der Waals surface area contributed by atoms with Crippen LogP contribution < -0.4 is 5.32 Å². The number of carbonyl (C=O) groups excluding carboxylic acids is 2. The minimum Gasteiger partial charge on any atom is -0.460 e. The normalized spacial score (nSPS) is 16.7. The SMILES string of the molecule is COCCC(=O)C1=C(C)NC(C)=C(C(=O)OC(C)C)[C@@H]1c1ccccc1[N+](=O)[O-]. The second-order valence-corrected chi connectivity index (χ2v) is 7.07. The van der Waals surface area contributed by atoms with Crippen LogP contribution in [0.3, 0.4) is 0 Å². The Morgan fingerprint density at radius 3 is 2.38 bits per heavy atom. The number of esters is 1. The van der Waals surface area contributed by atoms with E-state index in [1.165, 1.54) is 13.2 Å². The number of Topliss-reactive ketones (excluding diaryl/α,β-unsaturated/α-hetero) is 1. The lowest BCUT2D eigenvalue weighted by molar-refractivity contribution is -0.385. The fourth-order valence-electron chi connectivity index (χ4n) is 3.45. The number of carbonyl (C=O) groups is 2. The zero-order chi connectivity index (χ0) is 21.7. The second-order valence-electron chi connectivity index (χ2n) is 7.07. The first kappa shape index (κ1) is 22.3. The number of nitro groups is 1. The molecule has 0 aromatic heterocycles. The van der Waals surface area contributed by atoms with E-state index in [4.69, 9.17) is 9.47 Å². The maximum absolute atomic E-state index is 13.0. The van der Waals surface area contributed by atoms with Crippen LogP contribution >= 0.6 is 0 Å². The summed E-state index contributed by atoms with van der Waals surface area (Å²) in [4.78, 5) is 37.1. The number of ether oxygens (including phenoxy) is 2. The quantitative estimate of drug-likeness (QED) is 0.403. The molecule has 1 atom stereocenters. The number of allylic oxidation sites excluding steroid dienone is 3. The highest BCUT2D eigenvalue weighted by molar-refractivity contribution is 6.03. The second kappa shape index (κ2) is 9.47. The lowest BCUT2D eigenvalue weighted by Crippen LogP contribution is -2.33. The average Bonchev–Trinajstić information content (AvgIpc) is 2.64. The zero-order valence-corrected chi connectivity index (χ0v) is 17.3. The average molecular weight is 402 g/mol. The number of nitrogens with one attached hydrogen (secondary N) is 1. The van der Waals surface area contributed by atoms with Crippen LogP contribution in [0.25, 0.3) is 0 Å². The lowest BCUT2D eigenvalue weighted by atomic mass is 9.77. The predicted molar refractivity (Wildman–Crippen MR) is 107 cm³/mol. The van der Waals surface area contributed by atoms with Crippen LogP contribution in [0.4, 0.5) is 5.69 Å². The number of nitrogens with zero attached hydrogens (tertiary/aromatic N) is 1. The molecule has 0 radical (unpaired) electrons. The van der Waals surface area contributed by atoms with Crippen molar-refractivity contribution < 1.29 is 24.0 Å². The summed E-state index contributed by atoms with van der Waals surface area (Å²) in [5.41, 5.74) is 1.66. The molecule has 29 heavy (non-hydrogen) atoms. The zero-order valence-electron chi connectivity index (χ0n) is 17.3. The molecule has 0 amide bonds. The number of para-hydroxylation sites is 1. The molecule has 1 heterocycles. The highest BCUT2D eigenvalue weighted by Gasteiger charge is 2.39. The summed E-state index contributed by atoms with van der Waals surface area (Å²) < 4.78 is 10.4. The number of methoxy groups -OCH3 is 1. The molecule has 1 aromatic carbocycles. The number of benzene rings is 1. The number of hydrogen-bond acceptors (Lipinski definition) is 7. The molecule has 0 unspecified atom stereocenters. The van der Waals surface area contributed by atoms with Crippen LogP contribution in [0, 0.1) is 10.1 Å². The van der Waals surface area contributed by atoms with Crippen LogP contribution in [-0.4, -0.2) is 36.5 Å². The molecule has 1 N–H and O–H groups in total. The van der Waals surface area contributed by atoms with Crippen molar-refractivity contribution in [2.45, 2.75) is 46.1 Å². The molecular formula is C21H26N2O6. The number of rotatable bonds is 8. The first-order valence-electron chi connectivity index (χ1n) is 9.34. The number of nitro benzene ring substituents is 1. The molecule has 8 nitrogen and oxygen atoms in total. The van der Waals surface area contributed by atoms with E-state index in [1.807, 2.05) is 0 Å². The molecule has 0 saturated carbocycles. The van der Waals surface area contributed by atoms with Gasteiger partial charge in [0.2, 0.25) is 0 Å². The number of dihydropyridines is 1. The number of ketones is 1. The van der Waals surface area contributed by atoms with E-state index < -0.39 is 16.8 Å². The van der Waals surface area contributed by atoms with Crippen LogP contribution in [0.15, 0.2) is 46.8 Å². The van der Waals surface area contributed by atoms with Crippen molar-refractivity contribution in [3.63, 3.8) is 0 Å². The van der Waals surface area contributed by atoms with Gasteiger partial charge in [-0.15, -0.1) is 0 Å². The highest BCUT2D eigenvalue weighted by atomic mass is 16.6. The molecule has 8 heteroatoms. The largest absolute Gasteiger partial charge is 0.460 e. The molecule has 2 rings (SSSR count). The Morgan fingerprint density at radius 2 is 1.79 bits per heavy atom. The first-order chi connectivity index (χ1) is 13.7. The van der Waals surface area contributed by atoms with Gasteiger partial charge in [0.05, 0.1) is 29.1 Å². The van der Waals surface area contributed by atoms with Gasteiger partial charge in [-0.1, -0.05) is 18.2 Å². The summed E-state index contributed by atoms with van der Waals surface area (Å²) in [5.74, 6) is -1.77. The van der Waals surface area contributed by atoms with E-state index in [0.717, 1.165) is 0 Å². The van der Waals surface area contributed by atoms with Crippen molar-refractivity contribution in [2.75, 3.05) is 13.7 Å². The van der Waals surface area contributed by atoms with Crippen molar-refractivity contribution in [2.24, 2.45) is 0 Å². The van der Waals surface area contributed by atoms with Gasteiger partial charge in [-0.05, 0) is 27.7 Å². The van der Waals surface area contributed by atoms with E-state index in [-0.39, 0.29) is 41.7 Å². The molecule has 0 bridgehead atoms. The molecule has 1 aromatic rings. The summed E-state index contributed by atoms with van der Waals surface area (Å²) >= 11 is 0. The Morgan fingerprint density at radius 1 is 1.17 bits per heavy atom. The third kappa shape index (κ3) is 4.89. The minimum absolute atomic E-state index is 0.0908. The van der Waals surface area contributed by atoms with Gasteiger partial charge < -0.3 is 14.8 Å². The molecule has 0 fully saturated rings. The summed E-state index contributed by atoms with van der Waals surface area (Å²) in [7, 11) is 1.49. The highest BCUT2D eigenvalue weighted by Crippen LogP contribution is 2.42. The van der Waals surface area contributed by atoms with Gasteiger partial charge in [0.15, 0.2) is 5.78 Å². The van der Waals surface area contributed by atoms with Gasteiger partial charge in [0, 0.05) is 42.1 Å². The predicted octanol–water partition coefficient (Wildman–Crippen LogP) is 3.39. The van der Waals surface area contributed by atoms with Gasteiger partial charge in [-0.2, -0.15) is 0 Å². The Balaban J connectivity index is 2.71. The van der Waals surface area contributed by atoms with Crippen LogP contribution in [0.5, 0.6) is 0 Å². The summed E-state index contributed by atoms with van der Waals surface area (Å²) in [6.45, 7) is 7.05. The van der Waals surface area contributed by atoms with E-state index in [1.54, 1.807) is 45.9 Å². The molecule has 0 aliphatic carbocycles. The topological polar surface area (TPSA) is 108 Å². The van der Waals surface area contributed by atoms with Gasteiger partial charge >= 0.3 is 5.97 Å². The fraction of sp³-hybridized carbons (Fsp3) is 0.429. The molecular weight excluding hydrogens is 376 g/mol. The van der Waals surface area contributed by atoms with Crippen LogP contribution in [0.1, 0.15) is 45.6 Å². The van der Waals surface area contributed by atoms with Crippen molar-refractivity contribution in [1.29, 1.82) is 0 Å². The molecule has 1 aliphatic heterocycles. The number of hydrogen-bond donors (Lipinski definition) is 1. The van der Waals surface area contributed by atoms with Gasteiger partial charge in [0.1, 0.15) is 0 Å². The smallest absolute Gasteiger partial charge is 0.337 e. The van der Waals surface area contributed by atoms with Crippen molar-refractivity contribution in [3.8, 4) is 0 Å². The van der Waals surface area contributed by atoms with E-state index in [2.05, 4.69) is 5.32 Å². The minimum atomic E-state index is -0.909. The standard InChI is InChI=1S/C21H26N2O6/c1-12(2)29-21(25)19-14(4)22-13(3)18(17(24)10-11-28-5)20(19)15-8-6-7-9-16(15)23(26)27/h6-9,12,20,22H,10-11H2,1-5H3/t20-/m1/s1. The third-order valence-electron chi connectivity index (χ3n) is 4.60. The molecule has 156 valence electrons. The van der Waals surface area contributed by atoms with E-state index in [0.29, 0.717) is 17.0 Å². The Bertz CT molecular complexity index is 885. The van der Waals surface area contributed by atoms with E-state index >= 15 is 0 Å². The lowest BCUT2D eigenvalue weighted by Gasteiger charge is -2.31. The molecule has 0 saturated heterocycles. The van der Waals surface area contributed by atoms with Gasteiger partial charge in [0.25, 0.3) is 5.69 Å². The van der Waals surface area contributed by atoms with Crippen LogP contribution in [0.2, 0.25) is 0 Å². The maximum Gasteiger partial charge on any atom is 0.337 e. The summed E-state index contributed by atoms with van der Waals surface area (Å²) in [5, 5.41) is 14.7. The third-order valence-corrected chi connectivity index (χ3v) is 4.60. The Kier molecular flexibility index (Phi) is 7.28. The summed E-state index contributed by atoms with van der Waals surface area (Å²) in [6, 6.07) is 6.14. The fourth-order valence-corrected chi connectivity index (χ4v) is 3.45. The van der Waals surface area contributed by atoms with E-state index in [9.17, 15) is 19.7 Å². The van der Waals surface area contributed by atoms with Crippen LogP contribution in [-0.2, 0) is 19.1 Å². The van der Waals surface area contributed by atoms with Crippen molar-refractivity contribution >= 4 is 17.4 Å². The van der Waals surface area contributed by atoms with Crippen molar-refractivity contribution in [3.05, 3.63) is 62.5 Å². The maximum atomic E-state index is 13.0. The Hall–Kier alpha value is -3.00. The Labute approximate surface area is 169 Å². The molecule has 1 aliphatic rings. The van der Waals surface area contributed by atoms with Crippen molar-refractivity contribution in [1.82, 2.24) is 5.32 Å². The summed E-state index contributed by atoms with van der Waals surface area (Å²) in [6.07, 6.45) is -0.290. The van der Waals surface area contributed by atoms with Gasteiger partial charge in [-0.25, -0.2) is 4.79 Å². The monoisotopic (exact) mass is 402 g/mol.